The third kappa shape index (κ3) is 6.31. The fourth-order valence-corrected chi connectivity index (χ4v) is 6.48. The van der Waals surface area contributed by atoms with E-state index in [1.165, 1.54) is 22.4 Å². The van der Waals surface area contributed by atoms with Gasteiger partial charge in [0.15, 0.2) is 0 Å². The third-order valence-electron chi connectivity index (χ3n) is 5.63. The van der Waals surface area contributed by atoms with Gasteiger partial charge >= 0.3 is 0 Å². The predicted octanol–water partition coefficient (Wildman–Crippen LogP) is 5.40. The number of rotatable bonds is 11. The molecule has 2 aromatic carbocycles. The van der Waals surface area contributed by atoms with E-state index in [1.54, 1.807) is 23.5 Å². The summed E-state index contributed by atoms with van der Waals surface area (Å²) in [6.45, 7) is 1.63. The van der Waals surface area contributed by atoms with E-state index >= 15 is 0 Å². The van der Waals surface area contributed by atoms with Crippen LogP contribution in [0.25, 0.3) is 0 Å². The van der Waals surface area contributed by atoms with Gasteiger partial charge in [0, 0.05) is 36.0 Å². The first-order valence-electron chi connectivity index (χ1n) is 11.1. The molecule has 1 atom stereocenters. The second-order valence-corrected chi connectivity index (χ2v) is 11.4. The second kappa shape index (κ2) is 11.6. The molecular weight excluding hydrogens is 494 g/mol. The Balaban J connectivity index is 1.55. The minimum atomic E-state index is -3.91. The van der Waals surface area contributed by atoms with Crippen LogP contribution in [-0.2, 0) is 27.7 Å². The first-order valence-corrected chi connectivity index (χ1v) is 13.8. The standard InChI is InChI=1S/C25H28ClNO5S2/c1-30-24-10-9-20(26)16-25(24)34(28,29)27(18-22-7-3-12-31-22)17-19-5-2-6-21(15-19)32-13-11-23-8-4-14-33-23/h2,4-6,8-10,14-16,22H,3,7,11-13,17-18H2,1H3/t22-/m0/s1. The molecule has 1 aliphatic heterocycles. The van der Waals surface area contributed by atoms with Crippen LogP contribution < -0.4 is 9.47 Å². The van der Waals surface area contributed by atoms with Crippen molar-refractivity contribution in [3.8, 4) is 11.5 Å². The minimum Gasteiger partial charge on any atom is -0.495 e. The number of benzene rings is 2. The maximum Gasteiger partial charge on any atom is 0.247 e. The van der Waals surface area contributed by atoms with Crippen molar-refractivity contribution in [2.75, 3.05) is 26.9 Å². The fraction of sp³-hybridized carbons (Fsp3) is 0.360. The lowest BCUT2D eigenvalue weighted by Gasteiger charge is -2.26. The van der Waals surface area contributed by atoms with E-state index in [9.17, 15) is 8.42 Å². The van der Waals surface area contributed by atoms with Crippen LogP contribution in [0.3, 0.4) is 0 Å². The molecule has 0 bridgehead atoms. The number of thiophene rings is 1. The van der Waals surface area contributed by atoms with E-state index in [4.69, 9.17) is 25.8 Å². The van der Waals surface area contributed by atoms with Gasteiger partial charge in [0.25, 0.3) is 0 Å². The Morgan fingerprint density at radius 3 is 2.79 bits per heavy atom. The van der Waals surface area contributed by atoms with Gasteiger partial charge in [-0.05, 0) is 60.2 Å². The third-order valence-corrected chi connectivity index (χ3v) is 8.63. The monoisotopic (exact) mass is 521 g/mol. The van der Waals surface area contributed by atoms with Crippen molar-refractivity contribution in [1.82, 2.24) is 4.31 Å². The molecule has 1 aromatic heterocycles. The number of hydrogen-bond donors (Lipinski definition) is 0. The van der Waals surface area contributed by atoms with Crippen LogP contribution >= 0.6 is 22.9 Å². The SMILES string of the molecule is COc1ccc(Cl)cc1S(=O)(=O)N(Cc1cccc(OCCc2cccs2)c1)C[C@@H]1CCCO1. The van der Waals surface area contributed by atoms with E-state index in [1.807, 2.05) is 35.7 Å². The summed E-state index contributed by atoms with van der Waals surface area (Å²) in [4.78, 5) is 1.31. The fourth-order valence-electron chi connectivity index (χ4n) is 3.92. The number of hydrogen-bond acceptors (Lipinski definition) is 6. The van der Waals surface area contributed by atoms with Crippen molar-refractivity contribution < 1.29 is 22.6 Å². The summed E-state index contributed by atoms with van der Waals surface area (Å²) in [6, 6.07) is 16.3. The Labute approximate surface area is 210 Å². The maximum atomic E-state index is 13.7. The first-order chi connectivity index (χ1) is 16.5. The average Bonchev–Trinajstić information content (AvgIpc) is 3.53. The quantitative estimate of drug-likeness (QED) is 0.338. The molecule has 1 aliphatic rings. The normalized spacial score (nSPS) is 16.1. The van der Waals surface area contributed by atoms with Crippen LogP contribution in [-0.4, -0.2) is 45.7 Å². The number of sulfonamides is 1. The molecule has 0 spiro atoms. The Morgan fingerprint density at radius 1 is 1.18 bits per heavy atom. The van der Waals surface area contributed by atoms with Gasteiger partial charge in [-0.15, -0.1) is 11.3 Å². The minimum absolute atomic E-state index is 0.0452. The molecule has 6 nitrogen and oxygen atoms in total. The van der Waals surface area contributed by atoms with Crippen molar-refractivity contribution in [1.29, 1.82) is 0 Å². The van der Waals surface area contributed by atoms with Crippen molar-refractivity contribution in [3.05, 3.63) is 75.4 Å². The van der Waals surface area contributed by atoms with Crippen molar-refractivity contribution in [2.24, 2.45) is 0 Å². The maximum absolute atomic E-state index is 13.7. The molecule has 1 saturated heterocycles. The van der Waals surface area contributed by atoms with Crippen molar-refractivity contribution in [3.63, 3.8) is 0 Å². The summed E-state index contributed by atoms with van der Waals surface area (Å²) in [6.07, 6.45) is 2.43. The number of nitrogens with zero attached hydrogens (tertiary/aromatic N) is 1. The highest BCUT2D eigenvalue weighted by Crippen LogP contribution is 2.31. The zero-order valence-electron chi connectivity index (χ0n) is 19.0. The van der Waals surface area contributed by atoms with Crippen LogP contribution in [0.2, 0.25) is 5.02 Å². The molecule has 0 N–H and O–H groups in total. The molecule has 1 fully saturated rings. The van der Waals surface area contributed by atoms with E-state index < -0.39 is 10.0 Å². The van der Waals surface area contributed by atoms with Crippen LogP contribution in [0.4, 0.5) is 0 Å². The van der Waals surface area contributed by atoms with Gasteiger partial charge in [-0.25, -0.2) is 8.42 Å². The molecule has 182 valence electrons. The van der Waals surface area contributed by atoms with Gasteiger partial charge in [-0.3, -0.25) is 0 Å². The number of ether oxygens (including phenoxy) is 3. The van der Waals surface area contributed by atoms with E-state index in [0.29, 0.717) is 24.0 Å². The summed E-state index contributed by atoms with van der Waals surface area (Å²) in [7, 11) is -2.46. The highest BCUT2D eigenvalue weighted by molar-refractivity contribution is 7.89. The second-order valence-electron chi connectivity index (χ2n) is 8.05. The predicted molar refractivity (Wildman–Crippen MR) is 135 cm³/mol. The lowest BCUT2D eigenvalue weighted by molar-refractivity contribution is 0.0925. The highest BCUT2D eigenvalue weighted by Gasteiger charge is 2.31. The Hall–Kier alpha value is -2.10. The molecule has 34 heavy (non-hydrogen) atoms. The van der Waals surface area contributed by atoms with Crippen LogP contribution in [0, 0.1) is 0 Å². The van der Waals surface area contributed by atoms with Crippen molar-refractivity contribution >= 4 is 33.0 Å². The van der Waals surface area contributed by atoms with Crippen LogP contribution in [0.1, 0.15) is 23.3 Å². The van der Waals surface area contributed by atoms with Crippen LogP contribution in [0.15, 0.2) is 64.9 Å². The molecule has 0 unspecified atom stereocenters. The Kier molecular flexibility index (Phi) is 8.50. The Morgan fingerprint density at radius 2 is 2.06 bits per heavy atom. The highest BCUT2D eigenvalue weighted by atomic mass is 35.5. The van der Waals surface area contributed by atoms with Gasteiger partial charge in [0.1, 0.15) is 16.4 Å². The molecule has 0 aliphatic carbocycles. The molecule has 0 radical (unpaired) electrons. The van der Waals surface area contributed by atoms with Gasteiger partial charge in [-0.2, -0.15) is 4.31 Å². The first kappa shape index (κ1) is 25.0. The van der Waals surface area contributed by atoms with E-state index in [0.717, 1.165) is 24.8 Å². The molecule has 4 rings (SSSR count). The van der Waals surface area contributed by atoms with Crippen molar-refractivity contribution in [2.45, 2.75) is 36.8 Å². The summed E-state index contributed by atoms with van der Waals surface area (Å²) < 4.78 is 46.0. The molecule has 0 saturated carbocycles. The van der Waals surface area contributed by atoms with Gasteiger partial charge in [0.2, 0.25) is 10.0 Å². The average molecular weight is 522 g/mol. The summed E-state index contributed by atoms with van der Waals surface area (Å²) >= 11 is 7.85. The molecule has 2 heterocycles. The lowest BCUT2D eigenvalue weighted by Crippen LogP contribution is -2.37. The van der Waals surface area contributed by atoms with E-state index in [2.05, 4.69) is 6.07 Å². The molecule has 0 amide bonds. The van der Waals surface area contributed by atoms with Crippen LogP contribution in [0.5, 0.6) is 11.5 Å². The molecular formula is C25H28ClNO5S2. The summed E-state index contributed by atoms with van der Waals surface area (Å²) in [5.74, 6) is 0.969. The van der Waals surface area contributed by atoms with Gasteiger partial charge in [0.05, 0.1) is 19.8 Å². The smallest absolute Gasteiger partial charge is 0.247 e. The molecule has 3 aromatic rings. The zero-order valence-corrected chi connectivity index (χ0v) is 21.4. The summed E-state index contributed by atoms with van der Waals surface area (Å²) in [5.41, 5.74) is 0.830. The van der Waals surface area contributed by atoms with Gasteiger partial charge < -0.3 is 14.2 Å². The van der Waals surface area contributed by atoms with Gasteiger partial charge in [-0.1, -0.05) is 29.8 Å². The molecule has 9 heteroatoms. The summed E-state index contributed by atoms with van der Waals surface area (Å²) in [5, 5.41) is 2.38. The number of halogens is 1. The lowest BCUT2D eigenvalue weighted by atomic mass is 10.2. The topological polar surface area (TPSA) is 65.1 Å². The van der Waals surface area contributed by atoms with E-state index in [-0.39, 0.29) is 29.8 Å². The largest absolute Gasteiger partial charge is 0.495 e. The number of methoxy groups -OCH3 is 1. The zero-order chi connectivity index (χ0) is 24.0. The Bertz CT molecular complexity index is 1180.